The van der Waals surface area contributed by atoms with Crippen molar-refractivity contribution >= 4 is 23.4 Å². The summed E-state index contributed by atoms with van der Waals surface area (Å²) in [6, 6.07) is 7.44. The zero-order chi connectivity index (χ0) is 23.6. The third-order valence-corrected chi connectivity index (χ3v) is 5.24. The second kappa shape index (κ2) is 17.2. The summed E-state index contributed by atoms with van der Waals surface area (Å²) < 4.78 is 5.07. The smallest absolute Gasteiger partial charge is 0.243 e. The van der Waals surface area contributed by atoms with Crippen LogP contribution in [0, 0.1) is 6.92 Å². The van der Waals surface area contributed by atoms with Gasteiger partial charge >= 0.3 is 0 Å². The Morgan fingerprint density at radius 2 is 1.56 bits per heavy atom. The Kier molecular flexibility index (Phi) is 14.8. The van der Waals surface area contributed by atoms with Crippen molar-refractivity contribution in [3.63, 3.8) is 0 Å². The van der Waals surface area contributed by atoms with Crippen LogP contribution in [-0.2, 0) is 19.1 Å². The molecule has 180 valence electrons. The number of hydrogen-bond donors (Lipinski definition) is 2. The minimum Gasteiger partial charge on any atom is -0.385 e. The van der Waals surface area contributed by atoms with Gasteiger partial charge in [0.1, 0.15) is 0 Å². The van der Waals surface area contributed by atoms with Gasteiger partial charge in [-0.2, -0.15) is 0 Å². The molecule has 0 aromatic heterocycles. The fourth-order valence-electron chi connectivity index (χ4n) is 3.33. The molecule has 0 spiro atoms. The lowest BCUT2D eigenvalue weighted by Crippen LogP contribution is -2.43. The summed E-state index contributed by atoms with van der Waals surface area (Å²) in [5, 5.41) is 5.35. The molecule has 0 atom stereocenters. The average Bonchev–Trinajstić information content (AvgIpc) is 2.78. The summed E-state index contributed by atoms with van der Waals surface area (Å²) in [6.45, 7) is 4.98. The molecule has 0 aliphatic rings. The van der Waals surface area contributed by atoms with Crippen LogP contribution < -0.4 is 10.6 Å². The highest BCUT2D eigenvalue weighted by atomic mass is 16.5. The molecule has 0 bridgehead atoms. The fourth-order valence-corrected chi connectivity index (χ4v) is 3.33. The van der Waals surface area contributed by atoms with Crippen LogP contribution >= 0.6 is 0 Å². The lowest BCUT2D eigenvalue weighted by molar-refractivity contribution is -0.136. The SMILES string of the molecule is CCCCCCCCCC(=O)N(CCCOC)CC(=O)NCC(=O)Nc1ccc(C)cc1. The van der Waals surface area contributed by atoms with Gasteiger partial charge < -0.3 is 20.3 Å². The number of aryl methyl sites for hydroxylation is 1. The van der Waals surface area contributed by atoms with Crippen LogP contribution in [0.1, 0.15) is 70.3 Å². The number of unbranched alkanes of at least 4 members (excludes halogenated alkanes) is 6. The summed E-state index contributed by atoms with van der Waals surface area (Å²) >= 11 is 0. The van der Waals surface area contributed by atoms with E-state index in [2.05, 4.69) is 17.6 Å². The van der Waals surface area contributed by atoms with Gasteiger partial charge in [-0.3, -0.25) is 14.4 Å². The molecule has 7 nitrogen and oxygen atoms in total. The number of carbonyl (C=O) groups is 3. The van der Waals surface area contributed by atoms with Crippen molar-refractivity contribution < 1.29 is 19.1 Å². The number of amides is 3. The first-order chi connectivity index (χ1) is 15.5. The number of ether oxygens (including phenoxy) is 1. The Morgan fingerprint density at radius 3 is 2.22 bits per heavy atom. The van der Waals surface area contributed by atoms with Crippen LogP contribution in [0.2, 0.25) is 0 Å². The molecule has 0 aliphatic heterocycles. The second-order valence-electron chi connectivity index (χ2n) is 8.22. The number of benzene rings is 1. The Labute approximate surface area is 193 Å². The Morgan fingerprint density at radius 1 is 0.906 bits per heavy atom. The van der Waals surface area contributed by atoms with E-state index in [1.54, 1.807) is 12.0 Å². The van der Waals surface area contributed by atoms with Crippen molar-refractivity contribution in [1.29, 1.82) is 0 Å². The molecular weight excluding hydrogens is 406 g/mol. The topological polar surface area (TPSA) is 87.7 Å². The van der Waals surface area contributed by atoms with Crippen molar-refractivity contribution in [2.24, 2.45) is 0 Å². The van der Waals surface area contributed by atoms with Crippen molar-refractivity contribution in [2.45, 2.75) is 71.6 Å². The number of nitrogens with zero attached hydrogens (tertiary/aromatic N) is 1. The monoisotopic (exact) mass is 447 g/mol. The normalized spacial score (nSPS) is 10.6. The molecule has 0 radical (unpaired) electrons. The van der Waals surface area contributed by atoms with Crippen molar-refractivity contribution in [1.82, 2.24) is 10.2 Å². The molecule has 0 saturated heterocycles. The molecule has 7 heteroatoms. The lowest BCUT2D eigenvalue weighted by Gasteiger charge is -2.22. The number of rotatable bonds is 17. The highest BCUT2D eigenvalue weighted by Crippen LogP contribution is 2.10. The fraction of sp³-hybridized carbons (Fsp3) is 0.640. The molecule has 0 aliphatic carbocycles. The van der Waals surface area contributed by atoms with Gasteiger partial charge in [0.25, 0.3) is 0 Å². The standard InChI is InChI=1S/C25H41N3O4/c1-4-5-6-7-8-9-10-12-25(31)28(17-11-18-32-3)20-24(30)26-19-23(29)27-22-15-13-21(2)14-16-22/h13-16H,4-12,17-20H2,1-3H3,(H,26,30)(H,27,29). The first-order valence-corrected chi connectivity index (χ1v) is 11.9. The quantitative estimate of drug-likeness (QED) is 0.353. The molecule has 0 unspecified atom stereocenters. The van der Waals surface area contributed by atoms with Crippen molar-refractivity contribution in [2.75, 3.05) is 38.7 Å². The van der Waals surface area contributed by atoms with E-state index in [0.29, 0.717) is 31.7 Å². The van der Waals surface area contributed by atoms with E-state index in [-0.39, 0.29) is 30.8 Å². The van der Waals surface area contributed by atoms with Gasteiger partial charge in [0, 0.05) is 32.4 Å². The van der Waals surface area contributed by atoms with Crippen molar-refractivity contribution in [3.05, 3.63) is 29.8 Å². The largest absolute Gasteiger partial charge is 0.385 e. The number of hydrogen-bond acceptors (Lipinski definition) is 4. The maximum absolute atomic E-state index is 12.6. The Hall–Kier alpha value is -2.41. The highest BCUT2D eigenvalue weighted by Gasteiger charge is 2.17. The van der Waals surface area contributed by atoms with E-state index < -0.39 is 0 Å². The molecule has 0 heterocycles. The summed E-state index contributed by atoms with van der Waals surface area (Å²) in [5.74, 6) is -0.661. The van der Waals surface area contributed by atoms with Crippen LogP contribution in [-0.4, -0.2) is 56.0 Å². The van der Waals surface area contributed by atoms with Crippen molar-refractivity contribution in [3.8, 4) is 0 Å². The average molecular weight is 448 g/mol. The Bertz CT molecular complexity index is 676. The molecule has 3 amide bonds. The number of methoxy groups -OCH3 is 1. The highest BCUT2D eigenvalue weighted by molar-refractivity contribution is 5.95. The van der Waals surface area contributed by atoms with Gasteiger partial charge in [-0.25, -0.2) is 0 Å². The number of anilines is 1. The lowest BCUT2D eigenvalue weighted by atomic mass is 10.1. The first kappa shape index (κ1) is 27.6. The van der Waals surface area contributed by atoms with Crippen LogP contribution in [0.5, 0.6) is 0 Å². The minimum atomic E-state index is -0.339. The van der Waals surface area contributed by atoms with Crippen LogP contribution in [0.25, 0.3) is 0 Å². The molecular formula is C25H41N3O4. The summed E-state index contributed by atoms with van der Waals surface area (Å²) in [4.78, 5) is 38.6. The zero-order valence-corrected chi connectivity index (χ0v) is 20.1. The predicted octanol–water partition coefficient (Wildman–Crippen LogP) is 4.06. The van der Waals surface area contributed by atoms with Gasteiger partial charge in [0.2, 0.25) is 17.7 Å². The predicted molar refractivity (Wildman–Crippen MR) is 129 cm³/mol. The molecule has 2 N–H and O–H groups in total. The maximum Gasteiger partial charge on any atom is 0.243 e. The minimum absolute atomic E-state index is 0.0195. The van der Waals surface area contributed by atoms with E-state index in [4.69, 9.17) is 4.74 Å². The van der Waals surface area contributed by atoms with Gasteiger partial charge in [-0.05, 0) is 31.9 Å². The molecule has 32 heavy (non-hydrogen) atoms. The third kappa shape index (κ3) is 13.1. The van der Waals surface area contributed by atoms with E-state index in [1.807, 2.05) is 31.2 Å². The summed E-state index contributed by atoms with van der Waals surface area (Å²) in [7, 11) is 1.62. The first-order valence-electron chi connectivity index (χ1n) is 11.9. The third-order valence-electron chi connectivity index (χ3n) is 5.24. The zero-order valence-electron chi connectivity index (χ0n) is 20.1. The van der Waals surface area contributed by atoms with Gasteiger partial charge in [0.15, 0.2) is 0 Å². The van der Waals surface area contributed by atoms with Crippen LogP contribution in [0.3, 0.4) is 0 Å². The van der Waals surface area contributed by atoms with Gasteiger partial charge in [0.05, 0.1) is 13.1 Å². The second-order valence-corrected chi connectivity index (χ2v) is 8.22. The van der Waals surface area contributed by atoms with E-state index in [9.17, 15) is 14.4 Å². The summed E-state index contributed by atoms with van der Waals surface area (Å²) in [6.07, 6.45) is 9.10. The van der Waals surface area contributed by atoms with E-state index in [0.717, 1.165) is 24.8 Å². The maximum atomic E-state index is 12.6. The van der Waals surface area contributed by atoms with Gasteiger partial charge in [-0.1, -0.05) is 63.1 Å². The van der Waals surface area contributed by atoms with Gasteiger partial charge in [-0.15, -0.1) is 0 Å². The molecule has 1 rings (SSSR count). The molecule has 0 fully saturated rings. The Balaban J connectivity index is 2.39. The molecule has 1 aromatic carbocycles. The van der Waals surface area contributed by atoms with E-state index >= 15 is 0 Å². The number of nitrogens with one attached hydrogen (secondary N) is 2. The van der Waals surface area contributed by atoms with Crippen LogP contribution in [0.4, 0.5) is 5.69 Å². The van der Waals surface area contributed by atoms with Crippen LogP contribution in [0.15, 0.2) is 24.3 Å². The summed E-state index contributed by atoms with van der Waals surface area (Å²) in [5.41, 5.74) is 1.78. The molecule has 1 aromatic rings. The van der Waals surface area contributed by atoms with E-state index in [1.165, 1.54) is 25.7 Å². The number of carbonyl (C=O) groups excluding carboxylic acids is 3. The molecule has 0 saturated carbocycles.